The first-order valence-corrected chi connectivity index (χ1v) is 10.4. The van der Waals surface area contributed by atoms with Crippen molar-refractivity contribution >= 4 is 28.6 Å². The van der Waals surface area contributed by atoms with E-state index in [1.165, 1.54) is 23.4 Å². The summed E-state index contributed by atoms with van der Waals surface area (Å²) in [5, 5.41) is 0.785. The van der Waals surface area contributed by atoms with Crippen LogP contribution in [-0.4, -0.2) is 51.3 Å². The number of aryl methyl sites for hydroxylation is 1. The van der Waals surface area contributed by atoms with E-state index in [0.29, 0.717) is 18.9 Å². The van der Waals surface area contributed by atoms with Crippen LogP contribution in [0, 0.1) is 0 Å². The summed E-state index contributed by atoms with van der Waals surface area (Å²) < 4.78 is 29.5. The Morgan fingerprint density at radius 1 is 1.19 bits per heavy atom. The number of allylic oxidation sites excluding steroid dienone is 2. The molecule has 2 aromatic heterocycles. The maximum atomic E-state index is 14.0. The van der Waals surface area contributed by atoms with Crippen LogP contribution < -0.4 is 10.6 Å². The molecule has 1 aliphatic heterocycles. The molecule has 1 fully saturated rings. The van der Waals surface area contributed by atoms with Crippen molar-refractivity contribution in [3.8, 4) is 11.1 Å². The van der Waals surface area contributed by atoms with Crippen LogP contribution in [0.3, 0.4) is 0 Å². The normalized spacial score (nSPS) is 19.0. The zero-order valence-electron chi connectivity index (χ0n) is 17.5. The number of nitrogens with two attached hydrogens (primary N) is 1. The molecule has 0 saturated carbocycles. The molecule has 7 nitrogen and oxygen atoms in total. The van der Waals surface area contributed by atoms with E-state index in [4.69, 9.17) is 5.73 Å². The van der Waals surface area contributed by atoms with Crippen LogP contribution in [0.1, 0.15) is 6.42 Å². The van der Waals surface area contributed by atoms with Crippen LogP contribution >= 0.6 is 0 Å². The van der Waals surface area contributed by atoms with Gasteiger partial charge in [-0.3, -0.25) is 4.90 Å². The van der Waals surface area contributed by atoms with Crippen molar-refractivity contribution in [2.45, 2.75) is 12.6 Å². The second kappa shape index (κ2) is 7.74. The number of carbonyl (C=O) groups is 1. The van der Waals surface area contributed by atoms with Gasteiger partial charge in [0.2, 0.25) is 0 Å². The minimum atomic E-state index is -1.21. The molecule has 2 N–H and O–H groups in total. The molecule has 0 spiro atoms. The number of carbonyl (C=O) groups excluding carboxylic acids is 1. The second-order valence-electron chi connectivity index (χ2n) is 8.01. The Hall–Kier alpha value is -3.75. The molecule has 9 heteroatoms. The van der Waals surface area contributed by atoms with E-state index in [0.717, 1.165) is 27.8 Å². The van der Waals surface area contributed by atoms with Gasteiger partial charge in [-0.25, -0.2) is 23.5 Å². The maximum absolute atomic E-state index is 14.0. The van der Waals surface area contributed by atoms with Crippen molar-refractivity contribution in [2.75, 3.05) is 30.3 Å². The summed E-state index contributed by atoms with van der Waals surface area (Å²) in [6.07, 6.45) is 4.72. The summed E-state index contributed by atoms with van der Waals surface area (Å²) in [6.45, 7) is 0.982. The number of alkyl halides is 1. The number of fused-ring (bicyclic) bond motifs is 1. The van der Waals surface area contributed by atoms with Gasteiger partial charge >= 0.3 is 6.03 Å². The summed E-state index contributed by atoms with van der Waals surface area (Å²) in [6, 6.07) is 7.36. The highest BCUT2D eigenvalue weighted by molar-refractivity contribution is 6.01. The topological polar surface area (TPSA) is 80.3 Å². The summed E-state index contributed by atoms with van der Waals surface area (Å²) in [5.74, 6) is -0.0401. The number of aromatic nitrogens is 3. The molecule has 1 atom stereocenters. The molecular weight excluding hydrogens is 414 g/mol. The monoisotopic (exact) mass is 436 g/mol. The van der Waals surface area contributed by atoms with Crippen LogP contribution in [0.4, 0.5) is 25.1 Å². The van der Waals surface area contributed by atoms with E-state index in [1.54, 1.807) is 4.90 Å². The van der Waals surface area contributed by atoms with Crippen LogP contribution in [0.2, 0.25) is 0 Å². The Morgan fingerprint density at radius 2 is 1.97 bits per heavy atom. The lowest BCUT2D eigenvalue weighted by Crippen LogP contribution is -2.33. The van der Waals surface area contributed by atoms with Crippen LogP contribution in [0.15, 0.2) is 60.3 Å². The van der Waals surface area contributed by atoms with E-state index in [1.807, 2.05) is 42.1 Å². The van der Waals surface area contributed by atoms with Gasteiger partial charge < -0.3 is 15.2 Å². The number of hydrogen-bond donors (Lipinski definition) is 1. The molecule has 5 rings (SSSR count). The molecule has 0 radical (unpaired) electrons. The second-order valence-corrected chi connectivity index (χ2v) is 8.01. The van der Waals surface area contributed by atoms with Crippen LogP contribution in [0.5, 0.6) is 0 Å². The van der Waals surface area contributed by atoms with Gasteiger partial charge in [-0.2, -0.15) is 0 Å². The first-order valence-electron chi connectivity index (χ1n) is 10.4. The van der Waals surface area contributed by atoms with Crippen molar-refractivity contribution in [1.29, 1.82) is 0 Å². The van der Waals surface area contributed by atoms with Gasteiger partial charge in [0.25, 0.3) is 0 Å². The summed E-state index contributed by atoms with van der Waals surface area (Å²) in [4.78, 5) is 24.5. The smallest absolute Gasteiger partial charge is 0.324 e. The highest BCUT2D eigenvalue weighted by Crippen LogP contribution is 2.33. The van der Waals surface area contributed by atoms with Crippen LogP contribution in [0.25, 0.3) is 22.2 Å². The third-order valence-corrected chi connectivity index (χ3v) is 5.94. The van der Waals surface area contributed by atoms with Gasteiger partial charge in [0.05, 0.1) is 11.9 Å². The van der Waals surface area contributed by atoms with E-state index in [9.17, 15) is 13.6 Å². The molecule has 0 bridgehead atoms. The zero-order chi connectivity index (χ0) is 22.4. The van der Waals surface area contributed by atoms with Gasteiger partial charge in [-0.05, 0) is 29.8 Å². The van der Waals surface area contributed by atoms with Crippen molar-refractivity contribution in [1.82, 2.24) is 19.4 Å². The fraction of sp³-hybridized carbons (Fsp3) is 0.261. The summed E-state index contributed by atoms with van der Waals surface area (Å²) >= 11 is 0. The van der Waals surface area contributed by atoms with Gasteiger partial charge in [-0.15, -0.1) is 0 Å². The van der Waals surface area contributed by atoms with Crippen molar-refractivity contribution in [2.24, 2.45) is 7.05 Å². The SMILES string of the molecule is Cn1cc(-c2ccc(N3CCN(CC4=CC(F)CC=C4F)C3=O)cc2)c2c(N)ncnc21. The number of nitrogen functional groups attached to an aromatic ring is 1. The molecule has 1 saturated heterocycles. The Bertz CT molecular complexity index is 1260. The van der Waals surface area contributed by atoms with E-state index >= 15 is 0 Å². The highest BCUT2D eigenvalue weighted by Gasteiger charge is 2.31. The Balaban J connectivity index is 1.36. The van der Waals surface area contributed by atoms with Crippen molar-refractivity contribution in [3.63, 3.8) is 0 Å². The predicted molar refractivity (Wildman–Crippen MR) is 119 cm³/mol. The molecule has 3 heterocycles. The van der Waals surface area contributed by atoms with Gasteiger partial charge in [0, 0.05) is 49.6 Å². The molecule has 32 heavy (non-hydrogen) atoms. The van der Waals surface area contributed by atoms with Crippen molar-refractivity contribution < 1.29 is 13.6 Å². The average Bonchev–Trinajstić information content (AvgIpc) is 3.32. The van der Waals surface area contributed by atoms with Gasteiger partial charge in [0.15, 0.2) is 0 Å². The van der Waals surface area contributed by atoms with Gasteiger partial charge in [0.1, 0.15) is 29.8 Å². The molecule has 3 aromatic rings. The molecule has 2 aliphatic rings. The number of hydrogen-bond acceptors (Lipinski definition) is 4. The lowest BCUT2D eigenvalue weighted by molar-refractivity contribution is 0.223. The summed E-state index contributed by atoms with van der Waals surface area (Å²) in [7, 11) is 1.90. The number of halogens is 2. The molecular formula is C23H22F2N6O. The Morgan fingerprint density at radius 3 is 2.75 bits per heavy atom. The fourth-order valence-corrected chi connectivity index (χ4v) is 4.29. The third-order valence-electron chi connectivity index (χ3n) is 5.94. The molecule has 164 valence electrons. The highest BCUT2D eigenvalue weighted by atomic mass is 19.1. The first-order chi connectivity index (χ1) is 15.4. The zero-order valence-corrected chi connectivity index (χ0v) is 17.5. The molecule has 2 amide bonds. The lowest BCUT2D eigenvalue weighted by atomic mass is 10.0. The number of nitrogens with zero attached hydrogens (tertiary/aromatic N) is 5. The van der Waals surface area contributed by atoms with E-state index < -0.39 is 12.0 Å². The van der Waals surface area contributed by atoms with Crippen LogP contribution in [-0.2, 0) is 7.05 Å². The summed E-state index contributed by atoms with van der Waals surface area (Å²) in [5.41, 5.74) is 9.64. The quantitative estimate of drug-likeness (QED) is 0.671. The molecule has 1 aliphatic carbocycles. The largest absolute Gasteiger partial charge is 0.383 e. The number of rotatable bonds is 4. The maximum Gasteiger partial charge on any atom is 0.324 e. The Labute approximate surface area is 183 Å². The minimum absolute atomic E-state index is 0.0379. The third kappa shape index (κ3) is 3.39. The number of benzene rings is 1. The van der Waals surface area contributed by atoms with E-state index in [-0.39, 0.29) is 24.6 Å². The number of urea groups is 1. The number of amides is 2. The Kier molecular flexibility index (Phi) is 4.88. The number of anilines is 2. The average molecular weight is 436 g/mol. The standard InChI is InChI=1S/C23H22F2N6O/c1-29-12-18(20-21(26)27-13-28-22(20)29)14-2-5-17(6-3-14)31-9-8-30(23(31)32)11-15-10-16(24)4-7-19(15)25/h2-3,5-7,10,12-13,16H,4,8-9,11H2,1H3,(H2,26,27,28). The predicted octanol–water partition coefficient (Wildman–Crippen LogP) is 3.98. The minimum Gasteiger partial charge on any atom is -0.383 e. The molecule has 1 aromatic carbocycles. The lowest BCUT2D eigenvalue weighted by Gasteiger charge is -2.21. The fourth-order valence-electron chi connectivity index (χ4n) is 4.29. The van der Waals surface area contributed by atoms with E-state index in [2.05, 4.69) is 9.97 Å². The first kappa shape index (κ1) is 20.2. The van der Waals surface area contributed by atoms with Crippen molar-refractivity contribution in [3.05, 3.63) is 60.3 Å². The van der Waals surface area contributed by atoms with Gasteiger partial charge in [-0.1, -0.05) is 12.1 Å². The molecule has 1 unspecified atom stereocenters.